The predicted octanol–water partition coefficient (Wildman–Crippen LogP) is 0.273. The van der Waals surface area contributed by atoms with Gasteiger partial charge in [0.1, 0.15) is 0 Å². The van der Waals surface area contributed by atoms with Gasteiger partial charge in [-0.2, -0.15) is 0 Å². The van der Waals surface area contributed by atoms with Gasteiger partial charge >= 0.3 is 88.7 Å². The van der Waals surface area contributed by atoms with E-state index >= 15 is 0 Å². The summed E-state index contributed by atoms with van der Waals surface area (Å²) in [4.78, 5) is 9.81. The molecule has 1 aromatic carbocycles. The minimum absolute atomic E-state index is 0.0268. The van der Waals surface area contributed by atoms with Crippen molar-refractivity contribution >= 4 is 27.3 Å². The van der Waals surface area contributed by atoms with Crippen molar-refractivity contribution in [2.75, 3.05) is 0 Å². The number of hydrogen-bond acceptors (Lipinski definition) is 2. The van der Waals surface area contributed by atoms with Crippen molar-refractivity contribution < 1.29 is 23.4 Å². The van der Waals surface area contributed by atoms with Gasteiger partial charge in [0.15, 0.2) is 0 Å². The summed E-state index contributed by atoms with van der Waals surface area (Å²) >= 11 is -1.53. The van der Waals surface area contributed by atoms with Crippen LogP contribution in [0.2, 0.25) is 0 Å². The fraction of sp³-hybridized carbons (Fsp3) is 0. The van der Waals surface area contributed by atoms with Crippen LogP contribution in [0, 0.1) is 13.7 Å². The van der Waals surface area contributed by atoms with Gasteiger partial charge in [0.2, 0.25) is 0 Å². The van der Waals surface area contributed by atoms with E-state index < -0.39 is 20.6 Å². The molecule has 0 aliphatic heterocycles. The van der Waals surface area contributed by atoms with Crippen molar-refractivity contribution in [3.05, 3.63) is 37.9 Å². The molecule has 1 aromatic rings. The van der Waals surface area contributed by atoms with Crippen molar-refractivity contribution in [2.24, 2.45) is 0 Å². The molecule has 7 heteroatoms. The first kappa shape index (κ1) is 11.1. The van der Waals surface area contributed by atoms with Crippen molar-refractivity contribution in [1.82, 2.24) is 0 Å². The van der Waals surface area contributed by atoms with Gasteiger partial charge in [-0.1, -0.05) is 0 Å². The molecule has 1 unspecified atom stereocenters. The van der Waals surface area contributed by atoms with Gasteiger partial charge in [-0.3, -0.25) is 0 Å². The zero-order valence-corrected chi connectivity index (χ0v) is 10.6. The summed E-state index contributed by atoms with van der Waals surface area (Å²) < 4.78 is 13.3. The molecular formula is C6H4BrClFINO2-. The molecule has 1 atom stereocenters. The Kier molecular flexibility index (Phi) is 3.47. The second kappa shape index (κ2) is 4.05. The Hall–Kier alpha value is 0.0500. The Labute approximate surface area is 88.2 Å². The van der Waals surface area contributed by atoms with E-state index in [0.717, 1.165) is 0 Å². The van der Waals surface area contributed by atoms with Crippen molar-refractivity contribution in [2.45, 2.75) is 0 Å². The molecule has 0 bridgehead atoms. The summed E-state index contributed by atoms with van der Waals surface area (Å²) in [5.74, 6) is 0. The van der Waals surface area contributed by atoms with Gasteiger partial charge in [-0.05, 0) is 0 Å². The molecule has 0 aliphatic rings. The monoisotopic (exact) mass is 382 g/mol. The molecule has 0 aromatic heterocycles. The second-order valence-electron chi connectivity index (χ2n) is 2.08. The van der Waals surface area contributed by atoms with E-state index in [0.29, 0.717) is 0 Å². The van der Waals surface area contributed by atoms with Crippen LogP contribution < -0.4 is 15.7 Å². The maximum absolute atomic E-state index is 13.3. The van der Waals surface area contributed by atoms with Crippen LogP contribution in [0.4, 0.5) is 8.55 Å². The SMILES string of the molecule is O=[N+]([O-])c1ccccc1[I-](F)(Cl)Br. The van der Waals surface area contributed by atoms with Gasteiger partial charge in [0.25, 0.3) is 0 Å². The normalized spacial score (nSPS) is 17.5. The van der Waals surface area contributed by atoms with Gasteiger partial charge in [0.05, 0.1) is 0 Å². The first-order valence-corrected chi connectivity index (χ1v) is 12.5. The van der Waals surface area contributed by atoms with Crippen LogP contribution in [0.3, 0.4) is 0 Å². The van der Waals surface area contributed by atoms with E-state index in [1.165, 1.54) is 24.3 Å². The number of rotatable bonds is 2. The van der Waals surface area contributed by atoms with E-state index in [2.05, 4.69) is 12.7 Å². The second-order valence-corrected chi connectivity index (χ2v) is 15.9. The Morgan fingerprint density at radius 3 is 2.46 bits per heavy atom. The standard InChI is InChI=1S/C6H4BrClFINO2/c7-10(8,9)5-3-1-2-4-6(5)11(12)13/h1-4H/q-1. The zero-order valence-electron chi connectivity index (χ0n) is 6.08. The van der Waals surface area contributed by atoms with Crippen LogP contribution in [0.1, 0.15) is 0 Å². The Balaban J connectivity index is 3.28. The maximum atomic E-state index is 13.3. The zero-order chi connectivity index (χ0) is 10.1. The summed E-state index contributed by atoms with van der Waals surface area (Å²) in [6, 6.07) is 5.55. The van der Waals surface area contributed by atoms with E-state index in [-0.39, 0.29) is 9.26 Å². The first-order valence-electron chi connectivity index (χ1n) is 3.03. The summed E-state index contributed by atoms with van der Waals surface area (Å²) in [5.41, 5.74) is -0.270. The van der Waals surface area contributed by atoms with Crippen LogP contribution in [-0.2, 0) is 0 Å². The van der Waals surface area contributed by atoms with E-state index in [4.69, 9.17) is 8.91 Å². The molecule has 0 amide bonds. The molecule has 0 saturated carbocycles. The number of nitrogens with zero attached hydrogens (tertiary/aromatic N) is 1. The third-order valence-corrected chi connectivity index (χ3v) is 6.71. The van der Waals surface area contributed by atoms with Gasteiger partial charge in [-0.25, -0.2) is 0 Å². The fourth-order valence-corrected chi connectivity index (χ4v) is 4.91. The molecule has 0 aliphatic carbocycles. The van der Waals surface area contributed by atoms with Gasteiger partial charge in [-0.15, -0.1) is 0 Å². The topological polar surface area (TPSA) is 43.1 Å². The minimum atomic E-state index is -4.21. The average Bonchev–Trinajstić information content (AvgIpc) is 2.03. The van der Waals surface area contributed by atoms with Crippen LogP contribution >= 0.6 is 21.6 Å². The molecule has 0 saturated heterocycles. The third kappa shape index (κ3) is 2.75. The molecule has 0 heterocycles. The Bertz CT molecular complexity index is 344. The number of halogens is 4. The van der Waals surface area contributed by atoms with Crippen LogP contribution in [-0.4, -0.2) is 4.92 Å². The number of hydrogen-bond donors (Lipinski definition) is 0. The predicted molar refractivity (Wildman–Crippen MR) is 47.7 cm³/mol. The van der Waals surface area contributed by atoms with Crippen molar-refractivity contribution in [1.29, 1.82) is 0 Å². The molecule has 13 heavy (non-hydrogen) atoms. The molecule has 0 radical (unpaired) electrons. The van der Waals surface area contributed by atoms with E-state index in [1.54, 1.807) is 0 Å². The molecule has 0 spiro atoms. The van der Waals surface area contributed by atoms with Gasteiger partial charge < -0.3 is 0 Å². The van der Waals surface area contributed by atoms with Gasteiger partial charge in [0, 0.05) is 0 Å². The summed E-state index contributed by atoms with van der Waals surface area (Å²) in [7, 11) is 5.43. The summed E-state index contributed by atoms with van der Waals surface area (Å²) in [6.07, 6.45) is 0. The fourth-order valence-electron chi connectivity index (χ4n) is 0.781. The van der Waals surface area contributed by atoms with E-state index in [9.17, 15) is 13.0 Å². The van der Waals surface area contributed by atoms with Crippen LogP contribution in [0.5, 0.6) is 0 Å². The molecule has 1 rings (SSSR count). The molecular weight excluding hydrogens is 379 g/mol. The molecule has 0 fully saturated rings. The molecule has 3 nitrogen and oxygen atoms in total. The number of nitro groups is 1. The van der Waals surface area contributed by atoms with Crippen molar-refractivity contribution in [3.8, 4) is 0 Å². The van der Waals surface area contributed by atoms with Crippen molar-refractivity contribution in [3.63, 3.8) is 0 Å². The molecule has 0 N–H and O–H groups in total. The Morgan fingerprint density at radius 2 is 2.08 bits per heavy atom. The average molecular weight is 383 g/mol. The number of nitro benzene ring substituents is 1. The van der Waals surface area contributed by atoms with Crippen LogP contribution in [0.25, 0.3) is 0 Å². The Morgan fingerprint density at radius 1 is 1.54 bits per heavy atom. The molecule has 74 valence electrons. The number of benzene rings is 1. The number of para-hydroxylation sites is 1. The van der Waals surface area contributed by atoms with E-state index in [1.807, 2.05) is 0 Å². The first-order chi connectivity index (χ1) is 5.93. The summed E-state index contributed by atoms with van der Waals surface area (Å²) in [5, 5.41) is 10.5. The van der Waals surface area contributed by atoms with Crippen LogP contribution in [0.15, 0.2) is 24.3 Å². The third-order valence-electron chi connectivity index (χ3n) is 1.28. The quantitative estimate of drug-likeness (QED) is 0.418. The summed E-state index contributed by atoms with van der Waals surface area (Å²) in [6.45, 7) is 0.